The highest BCUT2D eigenvalue weighted by Crippen LogP contribution is 2.43. The fraction of sp³-hybridized carbons (Fsp3) is 0. The number of benzene rings is 7. The largest absolute Gasteiger partial charge is 0.308 e. The van der Waals surface area contributed by atoms with Crippen LogP contribution in [0.15, 0.2) is 152 Å². The van der Waals surface area contributed by atoms with Gasteiger partial charge in [0, 0.05) is 46.4 Å². The van der Waals surface area contributed by atoms with E-state index in [2.05, 4.69) is 156 Å². The average molecular weight is 608 g/mol. The van der Waals surface area contributed by atoms with Gasteiger partial charge in [-0.2, -0.15) is 0 Å². The van der Waals surface area contributed by atoms with Crippen molar-refractivity contribution in [3.63, 3.8) is 0 Å². The Morgan fingerprint density at radius 3 is 1.60 bits per heavy atom. The molecular formula is C42H25NS2. The Labute approximate surface area is 267 Å². The molecule has 10 rings (SSSR count). The second kappa shape index (κ2) is 9.64. The summed E-state index contributed by atoms with van der Waals surface area (Å²) in [5.41, 5.74) is 8.65. The van der Waals surface area contributed by atoms with E-state index in [1.165, 1.54) is 90.1 Å². The van der Waals surface area contributed by atoms with Gasteiger partial charge >= 0.3 is 0 Å². The molecular weight excluding hydrogens is 583 g/mol. The maximum atomic E-state index is 2.48. The topological polar surface area (TPSA) is 4.93 Å². The molecule has 45 heavy (non-hydrogen) atoms. The molecule has 3 heteroatoms. The van der Waals surface area contributed by atoms with E-state index in [4.69, 9.17) is 0 Å². The number of thiophene rings is 2. The molecule has 10 aromatic rings. The molecule has 0 aliphatic carbocycles. The summed E-state index contributed by atoms with van der Waals surface area (Å²) in [6.45, 7) is 0. The molecule has 0 bridgehead atoms. The lowest BCUT2D eigenvalue weighted by molar-refractivity contribution is 1.20. The van der Waals surface area contributed by atoms with Gasteiger partial charge in [-0.1, -0.05) is 97.1 Å². The molecule has 0 saturated carbocycles. The van der Waals surface area contributed by atoms with Crippen LogP contribution in [0.4, 0.5) is 0 Å². The molecule has 1 nitrogen and oxygen atoms in total. The van der Waals surface area contributed by atoms with Crippen LogP contribution in [0.25, 0.3) is 90.1 Å². The minimum absolute atomic E-state index is 1.23. The molecule has 0 saturated heterocycles. The molecule has 0 N–H and O–H groups in total. The van der Waals surface area contributed by atoms with E-state index in [0.29, 0.717) is 0 Å². The minimum Gasteiger partial charge on any atom is -0.308 e. The number of hydrogen-bond donors (Lipinski definition) is 0. The van der Waals surface area contributed by atoms with Crippen LogP contribution in [0, 0.1) is 0 Å². The van der Waals surface area contributed by atoms with Gasteiger partial charge in [-0.05, 0) is 76.9 Å². The maximum Gasteiger partial charge on any atom is 0.0640 e. The van der Waals surface area contributed by atoms with Crippen LogP contribution in [0.5, 0.6) is 0 Å². The van der Waals surface area contributed by atoms with Gasteiger partial charge in [0.05, 0.1) is 21.4 Å². The molecule has 0 aliphatic rings. The summed E-state index contributed by atoms with van der Waals surface area (Å²) in [4.78, 5) is 0. The van der Waals surface area contributed by atoms with Gasteiger partial charge in [-0.15, -0.1) is 22.7 Å². The Bertz CT molecular complexity index is 2760. The first-order valence-corrected chi connectivity index (χ1v) is 16.9. The first kappa shape index (κ1) is 25.1. The van der Waals surface area contributed by atoms with Crippen molar-refractivity contribution in [2.45, 2.75) is 0 Å². The third kappa shape index (κ3) is 3.78. The molecule has 3 aromatic heterocycles. The molecule has 0 spiro atoms. The van der Waals surface area contributed by atoms with Crippen LogP contribution >= 0.6 is 22.7 Å². The zero-order valence-corrected chi connectivity index (χ0v) is 25.8. The lowest BCUT2D eigenvalue weighted by Gasteiger charge is -2.10. The van der Waals surface area contributed by atoms with E-state index >= 15 is 0 Å². The highest BCUT2D eigenvalue weighted by molar-refractivity contribution is 7.26. The van der Waals surface area contributed by atoms with Crippen molar-refractivity contribution in [1.29, 1.82) is 0 Å². The first-order chi connectivity index (χ1) is 22.3. The maximum absolute atomic E-state index is 2.48. The SMILES string of the molecule is c1ccc(-c2ccc3c(c2)c2cc(-c4ccc5sc6ccccc6c5c4)ccc2n3-c2cccc3c2sc2ccccc23)cc1. The van der Waals surface area contributed by atoms with Crippen LogP contribution in [-0.2, 0) is 0 Å². The summed E-state index contributed by atoms with van der Waals surface area (Å²) in [6, 6.07) is 55.9. The molecule has 3 heterocycles. The number of rotatable bonds is 3. The number of aromatic nitrogens is 1. The molecule has 0 amide bonds. The smallest absolute Gasteiger partial charge is 0.0640 e. The molecule has 7 aromatic carbocycles. The van der Waals surface area contributed by atoms with Crippen molar-refractivity contribution < 1.29 is 0 Å². The van der Waals surface area contributed by atoms with Gasteiger partial charge in [0.1, 0.15) is 0 Å². The van der Waals surface area contributed by atoms with Crippen LogP contribution in [0.1, 0.15) is 0 Å². The van der Waals surface area contributed by atoms with Crippen LogP contribution in [-0.4, -0.2) is 4.57 Å². The Balaban J connectivity index is 1.26. The summed E-state index contributed by atoms with van der Waals surface area (Å²) >= 11 is 3.76. The van der Waals surface area contributed by atoms with Crippen LogP contribution < -0.4 is 0 Å². The van der Waals surface area contributed by atoms with Crippen molar-refractivity contribution >= 4 is 84.8 Å². The molecule has 210 valence electrons. The number of hydrogen-bond acceptors (Lipinski definition) is 2. The summed E-state index contributed by atoms with van der Waals surface area (Å²) in [5, 5.41) is 7.85. The standard InChI is InChI=1S/C42H25NS2/c1-2-9-26(10-3-1)27-17-20-36-33(23-27)34-24-28(29-19-22-41-35(25-29)31-12-5-6-15-39(31)44-41)18-21-37(34)43(36)38-14-8-13-32-30-11-4-7-16-40(30)45-42(32)38/h1-25H. The van der Waals surface area contributed by atoms with Gasteiger partial charge < -0.3 is 4.57 Å². The van der Waals surface area contributed by atoms with Crippen molar-refractivity contribution in [2.75, 3.05) is 0 Å². The second-order valence-electron chi connectivity index (χ2n) is 11.7. The molecule has 0 unspecified atom stereocenters. The third-order valence-electron chi connectivity index (χ3n) is 9.21. The van der Waals surface area contributed by atoms with Gasteiger partial charge in [0.15, 0.2) is 0 Å². The van der Waals surface area contributed by atoms with Gasteiger partial charge in [0.25, 0.3) is 0 Å². The molecule has 0 atom stereocenters. The van der Waals surface area contributed by atoms with Crippen LogP contribution in [0.3, 0.4) is 0 Å². The predicted octanol–water partition coefficient (Wildman–Crippen LogP) is 12.9. The Morgan fingerprint density at radius 1 is 0.333 bits per heavy atom. The fourth-order valence-corrected chi connectivity index (χ4v) is 9.38. The quantitative estimate of drug-likeness (QED) is 0.188. The van der Waals surface area contributed by atoms with Gasteiger partial charge in [-0.3, -0.25) is 0 Å². The Hall–Kier alpha value is -5.22. The number of nitrogens with zero attached hydrogens (tertiary/aromatic N) is 1. The third-order valence-corrected chi connectivity index (χ3v) is 11.6. The van der Waals surface area contributed by atoms with E-state index in [-0.39, 0.29) is 0 Å². The highest BCUT2D eigenvalue weighted by atomic mass is 32.1. The van der Waals surface area contributed by atoms with E-state index in [9.17, 15) is 0 Å². The van der Waals surface area contributed by atoms with Crippen molar-refractivity contribution in [2.24, 2.45) is 0 Å². The van der Waals surface area contributed by atoms with E-state index in [0.717, 1.165) is 0 Å². The molecule has 0 aliphatic heterocycles. The lowest BCUT2D eigenvalue weighted by atomic mass is 9.99. The van der Waals surface area contributed by atoms with Crippen LogP contribution in [0.2, 0.25) is 0 Å². The lowest BCUT2D eigenvalue weighted by Crippen LogP contribution is -1.94. The normalized spacial score (nSPS) is 12.0. The zero-order valence-electron chi connectivity index (χ0n) is 24.2. The highest BCUT2D eigenvalue weighted by Gasteiger charge is 2.18. The Morgan fingerprint density at radius 2 is 0.867 bits per heavy atom. The van der Waals surface area contributed by atoms with Crippen molar-refractivity contribution in [3.8, 4) is 27.9 Å². The fourth-order valence-electron chi connectivity index (χ4n) is 7.09. The van der Waals surface area contributed by atoms with E-state index < -0.39 is 0 Å². The monoisotopic (exact) mass is 607 g/mol. The summed E-state index contributed by atoms with van der Waals surface area (Å²) in [7, 11) is 0. The van der Waals surface area contributed by atoms with Gasteiger partial charge in [0.2, 0.25) is 0 Å². The minimum atomic E-state index is 1.23. The first-order valence-electron chi connectivity index (χ1n) is 15.3. The molecule has 0 radical (unpaired) electrons. The van der Waals surface area contributed by atoms with E-state index in [1.54, 1.807) is 0 Å². The molecule has 0 fully saturated rings. The number of fused-ring (bicyclic) bond motifs is 9. The predicted molar refractivity (Wildman–Crippen MR) is 197 cm³/mol. The summed E-state index contributed by atoms with van der Waals surface area (Å²) in [6.07, 6.45) is 0. The zero-order chi connectivity index (χ0) is 29.5. The van der Waals surface area contributed by atoms with Crippen molar-refractivity contribution in [3.05, 3.63) is 152 Å². The summed E-state index contributed by atoms with van der Waals surface area (Å²) in [5.74, 6) is 0. The average Bonchev–Trinajstić information content (AvgIpc) is 3.77. The Kier molecular flexibility index (Phi) is 5.39. The summed E-state index contributed by atoms with van der Waals surface area (Å²) < 4.78 is 7.80. The van der Waals surface area contributed by atoms with E-state index in [1.807, 2.05) is 22.7 Å². The van der Waals surface area contributed by atoms with Gasteiger partial charge in [-0.25, -0.2) is 0 Å². The van der Waals surface area contributed by atoms with Crippen molar-refractivity contribution in [1.82, 2.24) is 4.57 Å². The second-order valence-corrected chi connectivity index (χ2v) is 13.9.